The van der Waals surface area contributed by atoms with Gasteiger partial charge >= 0.3 is 0 Å². The molecule has 322 valence electrons. The minimum Gasteiger partial charge on any atom is -0.371 e. The number of piperidine rings is 2. The van der Waals surface area contributed by atoms with Crippen molar-refractivity contribution in [2.24, 2.45) is 5.41 Å². The number of hydrogen-bond donors (Lipinski definition) is 0. The molecule has 0 radical (unpaired) electrons. The van der Waals surface area contributed by atoms with Crippen molar-refractivity contribution >= 4 is 16.6 Å². The molecular formula is C50H90FN5. The fraction of sp³-hybridized carbons (Fsp3) is 0.700. The summed E-state index contributed by atoms with van der Waals surface area (Å²) in [6, 6.07) is 11.8. The van der Waals surface area contributed by atoms with Gasteiger partial charge in [0.25, 0.3) is 0 Å². The predicted octanol–water partition coefficient (Wildman–Crippen LogP) is 13.2. The lowest BCUT2D eigenvalue weighted by molar-refractivity contribution is 0.0450. The second-order valence-corrected chi connectivity index (χ2v) is 15.9. The normalized spacial score (nSPS) is 16.8. The van der Waals surface area contributed by atoms with E-state index in [1.54, 1.807) is 13.0 Å². The standard InChI is InChI=1S/C27H41N5.C9H11F.C6H14.4C2H6/c1-4-29-15-17-31(18-16-29)24-7-11-30(12-8-24)23-9-13-32(14-10-23)27-22(3)20-28-26-6-5-21(2)19-25(26)27;1-6-4-7(2)8(3)9(10)5-6;1-5-6(2,3)4;4*1-2/h5-6,19-20,23-24H,4,7-18H2,1-3H3;4-5H,1-3H3;5H2,1-4H3;4*1-2H3. The number of fused-ring (bicyclic) bond motifs is 1. The highest BCUT2D eigenvalue weighted by molar-refractivity contribution is 5.93. The molecule has 6 heteroatoms. The van der Waals surface area contributed by atoms with Crippen molar-refractivity contribution in [3.8, 4) is 0 Å². The summed E-state index contributed by atoms with van der Waals surface area (Å²) in [6.45, 7) is 48.4. The zero-order valence-corrected chi connectivity index (χ0v) is 40.1. The van der Waals surface area contributed by atoms with E-state index in [4.69, 9.17) is 0 Å². The number of hydrogen-bond acceptors (Lipinski definition) is 5. The molecule has 0 spiro atoms. The first kappa shape index (κ1) is 53.5. The van der Waals surface area contributed by atoms with Gasteiger partial charge in [-0.3, -0.25) is 9.88 Å². The molecule has 0 saturated carbocycles. The first-order valence-corrected chi connectivity index (χ1v) is 22.8. The molecule has 5 nitrogen and oxygen atoms in total. The van der Waals surface area contributed by atoms with Crippen LogP contribution in [0.4, 0.5) is 10.1 Å². The number of piperazine rings is 1. The van der Waals surface area contributed by atoms with Crippen LogP contribution in [0.15, 0.2) is 36.5 Å². The summed E-state index contributed by atoms with van der Waals surface area (Å²) in [4.78, 5) is 15.5. The van der Waals surface area contributed by atoms with Crippen molar-refractivity contribution in [1.82, 2.24) is 19.7 Å². The van der Waals surface area contributed by atoms with E-state index < -0.39 is 0 Å². The van der Waals surface area contributed by atoms with E-state index in [1.165, 1.54) is 100 Å². The van der Waals surface area contributed by atoms with Gasteiger partial charge in [-0.15, -0.1) is 0 Å². The number of benzene rings is 2. The van der Waals surface area contributed by atoms with E-state index in [9.17, 15) is 4.39 Å². The van der Waals surface area contributed by atoms with Crippen LogP contribution in [-0.4, -0.2) is 90.7 Å². The van der Waals surface area contributed by atoms with E-state index >= 15 is 0 Å². The number of anilines is 1. The van der Waals surface area contributed by atoms with Crippen molar-refractivity contribution in [1.29, 1.82) is 0 Å². The molecule has 4 heterocycles. The van der Waals surface area contributed by atoms with Gasteiger partial charge in [-0.05, 0) is 126 Å². The number of rotatable bonds is 4. The molecule has 3 fully saturated rings. The lowest BCUT2D eigenvalue weighted by atomic mass is 9.94. The Morgan fingerprint density at radius 2 is 1.11 bits per heavy atom. The van der Waals surface area contributed by atoms with Crippen molar-refractivity contribution in [3.05, 3.63) is 70.2 Å². The molecule has 0 amide bonds. The van der Waals surface area contributed by atoms with Gasteiger partial charge in [0.2, 0.25) is 0 Å². The van der Waals surface area contributed by atoms with Gasteiger partial charge in [0.1, 0.15) is 5.82 Å². The van der Waals surface area contributed by atoms with E-state index in [0.29, 0.717) is 5.41 Å². The van der Waals surface area contributed by atoms with E-state index in [-0.39, 0.29) is 5.82 Å². The molecule has 6 rings (SSSR count). The Morgan fingerprint density at radius 1 is 0.625 bits per heavy atom. The van der Waals surface area contributed by atoms with Crippen LogP contribution >= 0.6 is 0 Å². The van der Waals surface area contributed by atoms with E-state index in [1.807, 2.05) is 75.3 Å². The van der Waals surface area contributed by atoms with Gasteiger partial charge in [-0.25, -0.2) is 4.39 Å². The Balaban J connectivity index is 0.00000104. The zero-order chi connectivity index (χ0) is 43.0. The Hall–Kier alpha value is -2.54. The van der Waals surface area contributed by atoms with Gasteiger partial charge in [0, 0.05) is 62.9 Å². The van der Waals surface area contributed by atoms with Crippen molar-refractivity contribution in [2.45, 2.75) is 169 Å². The topological polar surface area (TPSA) is 25.9 Å². The Kier molecular flexibility index (Phi) is 27.5. The van der Waals surface area contributed by atoms with Crippen LogP contribution in [0.2, 0.25) is 0 Å². The summed E-state index contributed by atoms with van der Waals surface area (Å²) >= 11 is 0. The quantitative estimate of drug-likeness (QED) is 0.263. The van der Waals surface area contributed by atoms with Crippen LogP contribution < -0.4 is 4.90 Å². The van der Waals surface area contributed by atoms with Gasteiger partial charge < -0.3 is 14.7 Å². The fourth-order valence-corrected chi connectivity index (χ4v) is 7.32. The molecule has 0 unspecified atom stereocenters. The summed E-state index contributed by atoms with van der Waals surface area (Å²) in [5, 5.41) is 1.33. The lowest BCUT2D eigenvalue weighted by Crippen LogP contribution is -2.55. The first-order valence-electron chi connectivity index (χ1n) is 22.8. The fourth-order valence-electron chi connectivity index (χ4n) is 7.32. The number of halogens is 1. The minimum absolute atomic E-state index is 0.0995. The summed E-state index contributed by atoms with van der Waals surface area (Å²) in [6.07, 6.45) is 8.63. The van der Waals surface area contributed by atoms with Gasteiger partial charge in [-0.1, -0.05) is 114 Å². The number of aryl methyl sites for hydroxylation is 4. The highest BCUT2D eigenvalue weighted by atomic mass is 19.1. The Bertz CT molecular complexity index is 1410. The number of pyridine rings is 1. The van der Waals surface area contributed by atoms with Crippen LogP contribution in [0, 0.1) is 45.9 Å². The average molecular weight is 780 g/mol. The third-order valence-electron chi connectivity index (χ3n) is 11.2. The number of likely N-dealkylation sites (N-methyl/N-ethyl adjacent to an activating group) is 1. The maximum atomic E-state index is 12.8. The molecule has 3 aliphatic rings. The highest BCUT2D eigenvalue weighted by Crippen LogP contribution is 2.33. The number of aromatic nitrogens is 1. The lowest BCUT2D eigenvalue weighted by Gasteiger charge is -2.46. The second-order valence-electron chi connectivity index (χ2n) is 15.9. The average Bonchev–Trinajstić information content (AvgIpc) is 3.23. The number of likely N-dealkylation sites (tertiary alicyclic amines) is 1. The molecule has 0 bridgehead atoms. The monoisotopic (exact) mass is 780 g/mol. The summed E-state index contributed by atoms with van der Waals surface area (Å²) in [5.74, 6) is -0.0995. The minimum atomic E-state index is -0.0995. The predicted molar refractivity (Wildman–Crippen MR) is 250 cm³/mol. The van der Waals surface area contributed by atoms with E-state index in [2.05, 4.69) is 97.4 Å². The van der Waals surface area contributed by atoms with Crippen LogP contribution in [0.5, 0.6) is 0 Å². The molecule has 0 aliphatic carbocycles. The summed E-state index contributed by atoms with van der Waals surface area (Å²) in [5.41, 5.74) is 8.48. The number of nitrogens with zero attached hydrogens (tertiary/aromatic N) is 5. The van der Waals surface area contributed by atoms with Crippen LogP contribution in [-0.2, 0) is 0 Å². The van der Waals surface area contributed by atoms with E-state index in [0.717, 1.165) is 47.4 Å². The summed E-state index contributed by atoms with van der Waals surface area (Å²) in [7, 11) is 0. The molecule has 2 aromatic carbocycles. The van der Waals surface area contributed by atoms with Crippen molar-refractivity contribution in [3.63, 3.8) is 0 Å². The van der Waals surface area contributed by atoms with Gasteiger partial charge in [-0.2, -0.15) is 0 Å². The summed E-state index contributed by atoms with van der Waals surface area (Å²) < 4.78 is 12.8. The third kappa shape index (κ3) is 17.5. The second kappa shape index (κ2) is 28.8. The molecule has 3 saturated heterocycles. The molecule has 0 atom stereocenters. The maximum Gasteiger partial charge on any atom is 0.126 e. The third-order valence-corrected chi connectivity index (χ3v) is 11.2. The Labute approximate surface area is 347 Å². The van der Waals surface area contributed by atoms with Crippen LogP contribution in [0.25, 0.3) is 10.9 Å². The first-order chi connectivity index (χ1) is 26.8. The van der Waals surface area contributed by atoms with Crippen LogP contribution in [0.1, 0.15) is 150 Å². The van der Waals surface area contributed by atoms with Crippen molar-refractivity contribution in [2.75, 3.05) is 63.8 Å². The molecule has 56 heavy (non-hydrogen) atoms. The largest absolute Gasteiger partial charge is 0.371 e. The SMILES string of the molecule is CC.CC.CC.CC.CCC(C)(C)C.CCN1CCN(C2CCN(C3CCN(c4c(C)cnc5ccc(C)cc45)CC3)CC2)CC1.Cc1cc(C)c(C)c(F)c1. The molecule has 3 aromatic rings. The highest BCUT2D eigenvalue weighted by Gasteiger charge is 2.32. The molecule has 3 aliphatic heterocycles. The molecule has 0 N–H and O–H groups in total. The smallest absolute Gasteiger partial charge is 0.126 e. The van der Waals surface area contributed by atoms with Crippen LogP contribution in [0.3, 0.4) is 0 Å². The van der Waals surface area contributed by atoms with Gasteiger partial charge in [0.15, 0.2) is 0 Å². The zero-order valence-electron chi connectivity index (χ0n) is 40.1. The Morgan fingerprint density at radius 3 is 1.57 bits per heavy atom. The molecule has 1 aromatic heterocycles. The van der Waals surface area contributed by atoms with Crippen molar-refractivity contribution < 1.29 is 4.39 Å². The van der Waals surface area contributed by atoms with Gasteiger partial charge in [0.05, 0.1) is 11.2 Å². The molecular weight excluding hydrogens is 690 g/mol. The maximum absolute atomic E-state index is 12.8.